The Kier molecular flexibility index (Phi) is 7.75. The summed E-state index contributed by atoms with van der Waals surface area (Å²) in [5.41, 5.74) is 8.12. The maximum Gasteiger partial charge on any atom is 0.204 e. The molecule has 0 amide bonds. The minimum atomic E-state index is 0.0676. The number of aliphatic imine (C=N–C) groups is 1. The van der Waals surface area contributed by atoms with Gasteiger partial charge in [0.05, 0.1) is 27.0 Å². The van der Waals surface area contributed by atoms with Crippen LogP contribution in [0, 0.1) is 0 Å². The zero-order chi connectivity index (χ0) is 31.1. The fourth-order valence-electron chi connectivity index (χ4n) is 6.79. The Labute approximate surface area is 263 Å². The molecule has 0 spiro atoms. The van der Waals surface area contributed by atoms with Crippen molar-refractivity contribution < 1.29 is 28.8 Å². The molecule has 1 atom stereocenters. The van der Waals surface area contributed by atoms with Gasteiger partial charge in [0.25, 0.3) is 0 Å². The highest BCUT2D eigenvalue weighted by atomic mass is 16.5. The van der Waals surface area contributed by atoms with E-state index in [4.69, 9.17) is 28.7 Å². The zero-order valence-electron chi connectivity index (χ0n) is 26.2. The van der Waals surface area contributed by atoms with Gasteiger partial charge in [-0.3, -0.25) is 9.89 Å². The van der Waals surface area contributed by atoms with E-state index in [1.54, 1.807) is 21.3 Å². The summed E-state index contributed by atoms with van der Waals surface area (Å²) in [6.07, 6.45) is 2.95. The number of phenols is 1. The molecule has 8 heteroatoms. The van der Waals surface area contributed by atoms with E-state index in [1.165, 1.54) is 11.1 Å². The molecule has 0 aliphatic carbocycles. The first kappa shape index (κ1) is 29.0. The standard InChI is InChI=1S/C37H38N2O6/c1-39-16-14-26-20-31(42-3)36(43-4)37-33(26)29(39)18-23-5-7-24(8-6-23)21-44-35-30(41-2)19-25-13-15-38-28(32(25)34(35)40)17-22-9-11-27(45-37)12-10-22/h5-12,19-20,29,40H,13-18,21H2,1-4H3/t29-/m1/s1. The number of rotatable bonds is 3. The lowest BCUT2D eigenvalue weighted by Gasteiger charge is -2.36. The van der Waals surface area contributed by atoms with Crippen molar-refractivity contribution in [1.82, 2.24) is 4.90 Å². The van der Waals surface area contributed by atoms with Crippen LogP contribution < -0.4 is 23.7 Å². The molecule has 4 aromatic rings. The second-order valence-corrected chi connectivity index (χ2v) is 11.9. The predicted octanol–water partition coefficient (Wildman–Crippen LogP) is 6.46. The van der Waals surface area contributed by atoms with Gasteiger partial charge in [-0.15, -0.1) is 0 Å². The average molecular weight is 607 g/mol. The number of ether oxygens (including phenoxy) is 5. The Morgan fingerprint density at radius 2 is 1.53 bits per heavy atom. The van der Waals surface area contributed by atoms with Crippen LogP contribution in [0.4, 0.5) is 0 Å². The van der Waals surface area contributed by atoms with E-state index in [-0.39, 0.29) is 18.4 Å². The van der Waals surface area contributed by atoms with Crippen molar-refractivity contribution in [1.29, 1.82) is 0 Å². The highest BCUT2D eigenvalue weighted by Crippen LogP contribution is 2.50. The lowest BCUT2D eigenvalue weighted by molar-refractivity contribution is 0.221. The van der Waals surface area contributed by atoms with Crippen molar-refractivity contribution in [2.24, 2.45) is 4.99 Å². The second-order valence-electron chi connectivity index (χ2n) is 11.9. The highest BCUT2D eigenvalue weighted by molar-refractivity contribution is 6.07. The molecule has 6 aliphatic rings. The number of aromatic hydroxyl groups is 1. The van der Waals surface area contributed by atoms with Crippen LogP contribution in [0.5, 0.6) is 40.2 Å². The number of hydrogen-bond donors (Lipinski definition) is 1. The Morgan fingerprint density at radius 1 is 0.822 bits per heavy atom. The van der Waals surface area contributed by atoms with Crippen molar-refractivity contribution >= 4 is 5.71 Å². The predicted molar refractivity (Wildman–Crippen MR) is 173 cm³/mol. The fraction of sp³-hybridized carbons (Fsp3) is 0.324. The Hall–Kier alpha value is -4.69. The van der Waals surface area contributed by atoms with E-state index < -0.39 is 0 Å². The smallest absolute Gasteiger partial charge is 0.204 e. The van der Waals surface area contributed by atoms with Gasteiger partial charge in [-0.05, 0) is 78.4 Å². The van der Waals surface area contributed by atoms with Crippen LogP contribution in [0.15, 0.2) is 65.7 Å². The van der Waals surface area contributed by atoms with Crippen LogP contribution in [0.2, 0.25) is 0 Å². The van der Waals surface area contributed by atoms with Gasteiger partial charge in [-0.25, -0.2) is 0 Å². The Bertz CT molecular complexity index is 1760. The van der Waals surface area contributed by atoms with Gasteiger partial charge in [0.15, 0.2) is 23.0 Å². The first-order chi connectivity index (χ1) is 22.0. The summed E-state index contributed by atoms with van der Waals surface area (Å²) in [4.78, 5) is 7.22. The topological polar surface area (TPSA) is 82.0 Å². The maximum absolute atomic E-state index is 11.5. The summed E-state index contributed by atoms with van der Waals surface area (Å²) in [5.74, 6) is 3.57. The number of hydrogen-bond acceptors (Lipinski definition) is 8. The monoisotopic (exact) mass is 606 g/mol. The largest absolute Gasteiger partial charge is 0.504 e. The Morgan fingerprint density at radius 3 is 2.27 bits per heavy atom. The van der Waals surface area contributed by atoms with Crippen LogP contribution >= 0.6 is 0 Å². The molecular weight excluding hydrogens is 568 g/mol. The number of likely N-dealkylation sites (N-methyl/N-ethyl adjacent to an activating group) is 1. The van der Waals surface area contributed by atoms with Crippen molar-refractivity contribution in [3.63, 3.8) is 0 Å². The minimum absolute atomic E-state index is 0.0676. The van der Waals surface area contributed by atoms with Gasteiger partial charge in [0.2, 0.25) is 11.5 Å². The van der Waals surface area contributed by atoms with E-state index in [2.05, 4.69) is 42.3 Å². The molecule has 0 radical (unpaired) electrons. The number of benzene rings is 4. The van der Waals surface area contributed by atoms with E-state index in [1.807, 2.05) is 30.3 Å². The molecule has 6 bridgehead atoms. The number of methoxy groups -OCH3 is 3. The highest BCUT2D eigenvalue weighted by Gasteiger charge is 2.33. The molecule has 10 rings (SSSR count). The van der Waals surface area contributed by atoms with E-state index in [9.17, 15) is 5.11 Å². The van der Waals surface area contributed by atoms with E-state index in [0.717, 1.165) is 59.3 Å². The molecule has 0 unspecified atom stereocenters. The van der Waals surface area contributed by atoms with Gasteiger partial charge in [0, 0.05) is 36.7 Å². The third-order valence-electron chi connectivity index (χ3n) is 9.19. The molecular formula is C37H38N2O6. The van der Waals surface area contributed by atoms with E-state index >= 15 is 0 Å². The third-order valence-corrected chi connectivity index (χ3v) is 9.19. The minimum Gasteiger partial charge on any atom is -0.504 e. The number of phenolic OH excluding ortho intramolecular Hbond substituents is 1. The fourth-order valence-corrected chi connectivity index (χ4v) is 6.79. The average Bonchev–Trinajstić information content (AvgIpc) is 3.06. The van der Waals surface area contributed by atoms with Gasteiger partial charge in [-0.1, -0.05) is 36.4 Å². The lowest BCUT2D eigenvalue weighted by atomic mass is 9.87. The normalized spacial score (nSPS) is 17.4. The summed E-state index contributed by atoms with van der Waals surface area (Å²) in [6.45, 7) is 1.86. The molecule has 6 heterocycles. The van der Waals surface area contributed by atoms with E-state index in [0.29, 0.717) is 47.5 Å². The lowest BCUT2D eigenvalue weighted by Crippen LogP contribution is -2.34. The first-order valence-electron chi connectivity index (χ1n) is 15.4. The molecule has 45 heavy (non-hydrogen) atoms. The Balaban J connectivity index is 1.37. The third kappa shape index (κ3) is 5.33. The summed E-state index contributed by atoms with van der Waals surface area (Å²) >= 11 is 0. The van der Waals surface area contributed by atoms with Crippen LogP contribution in [0.1, 0.15) is 45.0 Å². The first-order valence-corrected chi connectivity index (χ1v) is 15.4. The van der Waals surface area contributed by atoms with Crippen LogP contribution in [0.25, 0.3) is 0 Å². The SMILES string of the molecule is COc1cc2c3c(O)c1OCc1ccc(cc1)C[C@@H]1c4c(cc(OC)c(OC)c4Oc4ccc(cc4)CC3=NCC2)CCN1C. The van der Waals surface area contributed by atoms with Crippen molar-refractivity contribution in [3.05, 3.63) is 99.6 Å². The summed E-state index contributed by atoms with van der Waals surface area (Å²) < 4.78 is 30.3. The van der Waals surface area contributed by atoms with Gasteiger partial charge < -0.3 is 28.8 Å². The molecule has 0 aromatic heterocycles. The zero-order valence-corrected chi connectivity index (χ0v) is 26.2. The maximum atomic E-state index is 11.5. The molecule has 6 aliphatic heterocycles. The molecule has 0 fully saturated rings. The van der Waals surface area contributed by atoms with Crippen molar-refractivity contribution in [2.75, 3.05) is 41.5 Å². The van der Waals surface area contributed by atoms with Crippen LogP contribution in [-0.2, 0) is 32.3 Å². The molecule has 0 saturated heterocycles. The summed E-state index contributed by atoms with van der Waals surface area (Å²) in [6, 6.07) is 20.6. The number of nitrogens with zero attached hydrogens (tertiary/aromatic N) is 2. The molecule has 232 valence electrons. The molecule has 1 N–H and O–H groups in total. The summed E-state index contributed by atoms with van der Waals surface area (Å²) in [7, 11) is 7.09. The van der Waals surface area contributed by atoms with Gasteiger partial charge >= 0.3 is 0 Å². The summed E-state index contributed by atoms with van der Waals surface area (Å²) in [5, 5.41) is 11.5. The van der Waals surface area contributed by atoms with Crippen LogP contribution in [0.3, 0.4) is 0 Å². The quantitative estimate of drug-likeness (QED) is 0.287. The van der Waals surface area contributed by atoms with Crippen molar-refractivity contribution in [2.45, 2.75) is 38.3 Å². The molecule has 0 saturated carbocycles. The molecule has 8 nitrogen and oxygen atoms in total. The second kappa shape index (κ2) is 12.0. The van der Waals surface area contributed by atoms with Crippen LogP contribution in [-0.4, -0.2) is 57.2 Å². The molecule has 4 aromatic carbocycles. The van der Waals surface area contributed by atoms with Gasteiger partial charge in [-0.2, -0.15) is 0 Å². The van der Waals surface area contributed by atoms with Crippen molar-refractivity contribution in [3.8, 4) is 40.2 Å². The van der Waals surface area contributed by atoms with Gasteiger partial charge in [0.1, 0.15) is 12.4 Å².